The molecule has 2 aromatic rings. The number of H-pyrrole nitrogens is 1. The van der Waals surface area contributed by atoms with Gasteiger partial charge in [-0.3, -0.25) is 5.10 Å². The molecule has 0 bridgehead atoms. The van der Waals surface area contributed by atoms with Crippen molar-refractivity contribution in [3.63, 3.8) is 0 Å². The van der Waals surface area contributed by atoms with Gasteiger partial charge in [-0.05, 0) is 37.6 Å². The molecule has 5 heteroatoms. The Labute approximate surface area is 121 Å². The van der Waals surface area contributed by atoms with E-state index in [-0.39, 0.29) is 0 Å². The van der Waals surface area contributed by atoms with Crippen molar-refractivity contribution in [3.8, 4) is 11.1 Å². The highest BCUT2D eigenvalue weighted by atomic mass is 79.9. The van der Waals surface area contributed by atoms with E-state index in [9.17, 15) is 0 Å². The molecule has 4 nitrogen and oxygen atoms in total. The quantitative estimate of drug-likeness (QED) is 0.815. The topological polar surface area (TPSA) is 52.7 Å². The molecule has 0 spiro atoms. The third-order valence-electron chi connectivity index (χ3n) is 3.48. The van der Waals surface area contributed by atoms with Gasteiger partial charge < -0.3 is 10.6 Å². The normalized spacial score (nSPS) is 18.7. The molecule has 1 aromatic carbocycles. The van der Waals surface area contributed by atoms with Gasteiger partial charge in [0.25, 0.3) is 0 Å². The fourth-order valence-electron chi connectivity index (χ4n) is 2.47. The van der Waals surface area contributed by atoms with Gasteiger partial charge in [0.15, 0.2) is 5.82 Å². The summed E-state index contributed by atoms with van der Waals surface area (Å²) in [5.74, 6) is 0.952. The summed E-state index contributed by atoms with van der Waals surface area (Å²) >= 11 is 3.47. The van der Waals surface area contributed by atoms with Gasteiger partial charge in [-0.2, -0.15) is 5.10 Å². The van der Waals surface area contributed by atoms with Crippen LogP contribution in [0, 0.1) is 6.92 Å². The molecule has 1 aromatic heterocycles. The molecule has 0 saturated carbocycles. The average Bonchev–Trinajstić information content (AvgIpc) is 3.02. The van der Waals surface area contributed by atoms with Gasteiger partial charge in [0.2, 0.25) is 0 Å². The minimum Gasteiger partial charge on any atom is -0.364 e. The van der Waals surface area contributed by atoms with E-state index in [1.807, 2.05) is 0 Å². The first-order valence-corrected chi connectivity index (χ1v) is 7.31. The van der Waals surface area contributed by atoms with Gasteiger partial charge in [-0.1, -0.05) is 28.1 Å². The maximum atomic E-state index is 4.40. The highest BCUT2D eigenvalue weighted by Gasteiger charge is 2.19. The number of anilines is 1. The first-order valence-electron chi connectivity index (χ1n) is 6.52. The van der Waals surface area contributed by atoms with E-state index in [1.54, 1.807) is 0 Å². The maximum absolute atomic E-state index is 4.40. The lowest BCUT2D eigenvalue weighted by Crippen LogP contribution is -2.22. The predicted molar refractivity (Wildman–Crippen MR) is 81.4 cm³/mol. The van der Waals surface area contributed by atoms with Crippen LogP contribution in [-0.4, -0.2) is 29.3 Å². The summed E-state index contributed by atoms with van der Waals surface area (Å²) in [6, 6.07) is 8.81. The molecular formula is C14H17BrN4. The number of hydrogen-bond acceptors (Lipinski definition) is 3. The number of rotatable bonds is 3. The third kappa shape index (κ3) is 2.67. The summed E-state index contributed by atoms with van der Waals surface area (Å²) in [6.45, 7) is 4.14. The van der Waals surface area contributed by atoms with Gasteiger partial charge in [-0.15, -0.1) is 0 Å². The van der Waals surface area contributed by atoms with Crippen molar-refractivity contribution in [2.24, 2.45) is 0 Å². The van der Waals surface area contributed by atoms with Crippen LogP contribution in [0.3, 0.4) is 0 Å². The van der Waals surface area contributed by atoms with E-state index in [4.69, 9.17) is 0 Å². The van der Waals surface area contributed by atoms with Crippen molar-refractivity contribution in [1.82, 2.24) is 15.5 Å². The van der Waals surface area contributed by atoms with E-state index in [0.717, 1.165) is 35.5 Å². The molecule has 100 valence electrons. The van der Waals surface area contributed by atoms with Crippen LogP contribution in [-0.2, 0) is 0 Å². The molecule has 0 amide bonds. The Morgan fingerprint density at radius 2 is 2.11 bits per heavy atom. The minimum absolute atomic E-state index is 0.469. The molecule has 1 unspecified atom stereocenters. The van der Waals surface area contributed by atoms with Crippen molar-refractivity contribution in [1.29, 1.82) is 0 Å². The molecule has 1 aliphatic heterocycles. The van der Waals surface area contributed by atoms with Crippen molar-refractivity contribution in [2.75, 3.05) is 18.4 Å². The Hall–Kier alpha value is -1.33. The number of benzene rings is 1. The van der Waals surface area contributed by atoms with Crippen molar-refractivity contribution < 1.29 is 0 Å². The Morgan fingerprint density at radius 1 is 1.32 bits per heavy atom. The van der Waals surface area contributed by atoms with Gasteiger partial charge >= 0.3 is 0 Å². The van der Waals surface area contributed by atoms with Gasteiger partial charge in [0.05, 0.1) is 0 Å². The maximum Gasteiger partial charge on any atom is 0.156 e. The molecule has 3 N–H and O–H groups in total. The van der Waals surface area contributed by atoms with Crippen molar-refractivity contribution >= 4 is 21.7 Å². The number of nitrogens with zero attached hydrogens (tertiary/aromatic N) is 1. The Bertz CT molecular complexity index is 555. The van der Waals surface area contributed by atoms with Crippen LogP contribution in [0.25, 0.3) is 11.1 Å². The molecule has 1 aliphatic rings. The number of nitrogens with one attached hydrogen (secondary N) is 3. The third-order valence-corrected chi connectivity index (χ3v) is 4.01. The molecular weight excluding hydrogens is 304 g/mol. The number of aromatic amines is 1. The molecule has 2 heterocycles. The molecule has 3 rings (SSSR count). The Kier molecular flexibility index (Phi) is 3.57. The first kappa shape index (κ1) is 12.7. The first-order chi connectivity index (χ1) is 9.24. The summed E-state index contributed by atoms with van der Waals surface area (Å²) in [7, 11) is 0. The van der Waals surface area contributed by atoms with Gasteiger partial charge in [-0.25, -0.2) is 0 Å². The second kappa shape index (κ2) is 5.35. The number of halogens is 1. The van der Waals surface area contributed by atoms with Gasteiger partial charge in [0, 0.05) is 28.3 Å². The molecule has 1 atom stereocenters. The van der Waals surface area contributed by atoms with E-state index in [2.05, 4.69) is 68.0 Å². The van der Waals surface area contributed by atoms with Crippen LogP contribution in [0.4, 0.5) is 5.82 Å². The van der Waals surface area contributed by atoms with Gasteiger partial charge in [0.1, 0.15) is 0 Å². The van der Waals surface area contributed by atoms with E-state index < -0.39 is 0 Å². The Morgan fingerprint density at radius 3 is 2.79 bits per heavy atom. The van der Waals surface area contributed by atoms with Crippen LogP contribution in [0.15, 0.2) is 28.7 Å². The fourth-order valence-corrected chi connectivity index (χ4v) is 2.74. The van der Waals surface area contributed by atoms with Crippen LogP contribution in [0.5, 0.6) is 0 Å². The summed E-state index contributed by atoms with van der Waals surface area (Å²) < 4.78 is 1.09. The predicted octanol–water partition coefficient (Wildman–Crippen LogP) is 2.92. The lowest BCUT2D eigenvalue weighted by Gasteiger charge is -2.12. The zero-order valence-corrected chi connectivity index (χ0v) is 12.4. The lowest BCUT2D eigenvalue weighted by molar-refractivity contribution is 0.786. The zero-order chi connectivity index (χ0) is 13.2. The fraction of sp³-hybridized carbons (Fsp3) is 0.357. The number of hydrogen-bond donors (Lipinski definition) is 3. The largest absolute Gasteiger partial charge is 0.364 e. The van der Waals surface area contributed by atoms with Crippen LogP contribution >= 0.6 is 15.9 Å². The minimum atomic E-state index is 0.469. The van der Waals surface area contributed by atoms with E-state index in [0.29, 0.717) is 6.04 Å². The zero-order valence-electron chi connectivity index (χ0n) is 10.8. The standard InChI is InChI=1S/C14H17BrN4/c1-9-13(10-2-4-11(15)5-3-10)14(19-18-9)17-12-6-7-16-8-12/h2-5,12,16H,6-8H2,1H3,(H2,17,18,19). The van der Waals surface area contributed by atoms with E-state index >= 15 is 0 Å². The smallest absolute Gasteiger partial charge is 0.156 e. The lowest BCUT2D eigenvalue weighted by atomic mass is 10.1. The Balaban J connectivity index is 1.91. The highest BCUT2D eigenvalue weighted by Crippen LogP contribution is 2.31. The van der Waals surface area contributed by atoms with Crippen LogP contribution in [0.1, 0.15) is 12.1 Å². The molecule has 0 aliphatic carbocycles. The second-order valence-corrected chi connectivity index (χ2v) is 5.83. The van der Waals surface area contributed by atoms with Crippen molar-refractivity contribution in [3.05, 3.63) is 34.4 Å². The summed E-state index contributed by atoms with van der Waals surface area (Å²) in [5, 5.41) is 14.4. The molecule has 1 fully saturated rings. The van der Waals surface area contributed by atoms with Crippen LogP contribution < -0.4 is 10.6 Å². The molecule has 0 radical (unpaired) electrons. The molecule has 19 heavy (non-hydrogen) atoms. The summed E-state index contributed by atoms with van der Waals surface area (Å²) in [5.41, 5.74) is 3.44. The summed E-state index contributed by atoms with van der Waals surface area (Å²) in [6.07, 6.45) is 1.14. The number of aryl methyl sites for hydroxylation is 1. The summed E-state index contributed by atoms with van der Waals surface area (Å²) in [4.78, 5) is 0. The highest BCUT2D eigenvalue weighted by molar-refractivity contribution is 9.10. The SMILES string of the molecule is Cc1[nH]nc(NC2CCNC2)c1-c1ccc(Br)cc1. The van der Waals surface area contributed by atoms with E-state index in [1.165, 1.54) is 11.1 Å². The van der Waals surface area contributed by atoms with Crippen molar-refractivity contribution in [2.45, 2.75) is 19.4 Å². The average molecular weight is 321 g/mol. The second-order valence-electron chi connectivity index (χ2n) is 4.91. The monoisotopic (exact) mass is 320 g/mol. The van der Waals surface area contributed by atoms with Crippen LogP contribution in [0.2, 0.25) is 0 Å². The number of aromatic nitrogens is 2. The molecule has 1 saturated heterocycles.